The normalized spacial score (nSPS) is 9.27. The molecule has 2 heteroatoms. The number of aliphatic hydroxyl groups is 1. The van der Waals surface area contributed by atoms with Crippen LogP contribution in [0.3, 0.4) is 0 Å². The first kappa shape index (κ1) is 13.8. The van der Waals surface area contributed by atoms with Gasteiger partial charge in [-0.25, -0.2) is 0 Å². The van der Waals surface area contributed by atoms with Crippen LogP contribution in [0.15, 0.2) is 0 Å². The molecule has 0 fully saturated rings. The molecule has 11 heavy (non-hydrogen) atoms. The lowest BCUT2D eigenvalue weighted by Gasteiger charge is -1.97. The highest BCUT2D eigenvalue weighted by Crippen LogP contribution is 2.05. The van der Waals surface area contributed by atoms with Gasteiger partial charge in [0, 0.05) is 6.61 Å². The van der Waals surface area contributed by atoms with Gasteiger partial charge in [-0.2, -0.15) is 0 Å². The summed E-state index contributed by atoms with van der Waals surface area (Å²) < 4.78 is 0. The van der Waals surface area contributed by atoms with E-state index in [0.717, 1.165) is 6.42 Å². The Balaban J connectivity index is 0. The molecule has 0 aromatic heterocycles. The van der Waals surface area contributed by atoms with E-state index < -0.39 is 0 Å². The lowest BCUT2D eigenvalue weighted by Crippen LogP contribution is -1.83. The highest BCUT2D eigenvalue weighted by molar-refractivity contribution is 5.85. The Morgan fingerprint density at radius 1 is 0.818 bits per heavy atom. The minimum atomic E-state index is 0. The first-order valence-electron chi connectivity index (χ1n) is 4.52. The van der Waals surface area contributed by atoms with Gasteiger partial charge >= 0.3 is 0 Å². The van der Waals surface area contributed by atoms with Gasteiger partial charge in [0.15, 0.2) is 0 Å². The summed E-state index contributed by atoms with van der Waals surface area (Å²) in [5.74, 6) is 0. The van der Waals surface area contributed by atoms with Gasteiger partial charge in [0.25, 0.3) is 0 Å². The fourth-order valence-electron chi connectivity index (χ4n) is 1.07. The lowest BCUT2D eigenvalue weighted by atomic mass is 10.1. The molecule has 0 unspecified atom stereocenters. The largest absolute Gasteiger partial charge is 0.396 e. The molecule has 0 spiro atoms. The Hall–Kier alpha value is 0.250. The van der Waals surface area contributed by atoms with Gasteiger partial charge in [0.1, 0.15) is 0 Å². The summed E-state index contributed by atoms with van der Waals surface area (Å²) in [4.78, 5) is 0. The maximum absolute atomic E-state index is 8.47. The van der Waals surface area contributed by atoms with Crippen LogP contribution in [-0.4, -0.2) is 11.7 Å². The van der Waals surface area contributed by atoms with Crippen molar-refractivity contribution < 1.29 is 5.11 Å². The average Bonchev–Trinajstić information content (AvgIpc) is 1.97. The Morgan fingerprint density at radius 2 is 1.27 bits per heavy atom. The highest BCUT2D eigenvalue weighted by Gasteiger charge is 1.88. The molecular weight excluding hydrogens is 160 g/mol. The highest BCUT2D eigenvalue weighted by atomic mass is 35.5. The van der Waals surface area contributed by atoms with Crippen molar-refractivity contribution >= 4 is 12.4 Å². The van der Waals surface area contributed by atoms with E-state index in [9.17, 15) is 0 Å². The van der Waals surface area contributed by atoms with Crippen molar-refractivity contribution in [2.24, 2.45) is 0 Å². The first-order chi connectivity index (χ1) is 4.91. The Bertz CT molecular complexity index is 49.5. The van der Waals surface area contributed by atoms with E-state index in [1.807, 2.05) is 0 Å². The zero-order valence-corrected chi connectivity index (χ0v) is 8.33. The molecule has 0 aliphatic heterocycles. The van der Waals surface area contributed by atoms with E-state index in [1.165, 1.54) is 38.5 Å². The van der Waals surface area contributed by atoms with Crippen molar-refractivity contribution in [3.05, 3.63) is 0 Å². The van der Waals surface area contributed by atoms with E-state index in [-0.39, 0.29) is 12.4 Å². The van der Waals surface area contributed by atoms with E-state index in [0.29, 0.717) is 6.61 Å². The summed E-state index contributed by atoms with van der Waals surface area (Å²) in [5.41, 5.74) is 0. The van der Waals surface area contributed by atoms with Crippen molar-refractivity contribution in [2.75, 3.05) is 6.61 Å². The molecule has 0 saturated heterocycles. The molecule has 0 radical (unpaired) electrons. The van der Waals surface area contributed by atoms with Crippen LogP contribution in [0, 0.1) is 0 Å². The van der Waals surface area contributed by atoms with Gasteiger partial charge < -0.3 is 5.11 Å². The summed E-state index contributed by atoms with van der Waals surface area (Å²) in [7, 11) is 0. The Kier molecular flexibility index (Phi) is 16.2. The fourth-order valence-corrected chi connectivity index (χ4v) is 1.07. The van der Waals surface area contributed by atoms with E-state index in [1.54, 1.807) is 0 Å². The molecule has 0 aliphatic rings. The number of unbranched alkanes of at least 4 members (excludes halogenated alkanes) is 6. The van der Waals surface area contributed by atoms with Crippen LogP contribution in [0.4, 0.5) is 0 Å². The molecule has 0 atom stereocenters. The van der Waals surface area contributed by atoms with Crippen molar-refractivity contribution in [1.29, 1.82) is 0 Å². The SMILES string of the molecule is CCCCCCCCCO.Cl. The van der Waals surface area contributed by atoms with Crippen LogP contribution in [0.5, 0.6) is 0 Å². The Labute approximate surface area is 76.6 Å². The van der Waals surface area contributed by atoms with Crippen LogP contribution < -0.4 is 0 Å². The molecule has 0 bridgehead atoms. The molecule has 0 aromatic carbocycles. The van der Waals surface area contributed by atoms with Gasteiger partial charge in [0.05, 0.1) is 0 Å². The molecule has 0 saturated carbocycles. The van der Waals surface area contributed by atoms with E-state index in [2.05, 4.69) is 6.92 Å². The van der Waals surface area contributed by atoms with Gasteiger partial charge in [0.2, 0.25) is 0 Å². The zero-order valence-electron chi connectivity index (χ0n) is 7.51. The summed E-state index contributed by atoms with van der Waals surface area (Å²) in [5, 5.41) is 8.47. The third kappa shape index (κ3) is 13.3. The molecular formula is C9H21ClO. The van der Waals surface area contributed by atoms with Crippen LogP contribution in [0.2, 0.25) is 0 Å². The van der Waals surface area contributed by atoms with Gasteiger partial charge in [-0.3, -0.25) is 0 Å². The molecule has 0 aromatic rings. The van der Waals surface area contributed by atoms with Crippen LogP contribution >= 0.6 is 12.4 Å². The maximum Gasteiger partial charge on any atom is 0.0431 e. The average molecular weight is 181 g/mol. The minimum Gasteiger partial charge on any atom is -0.396 e. The monoisotopic (exact) mass is 180 g/mol. The predicted octanol–water partition coefficient (Wildman–Crippen LogP) is 3.15. The van der Waals surface area contributed by atoms with Gasteiger partial charge in [-0.1, -0.05) is 45.4 Å². The third-order valence-corrected chi connectivity index (χ3v) is 1.76. The number of aliphatic hydroxyl groups excluding tert-OH is 1. The first-order valence-corrected chi connectivity index (χ1v) is 4.52. The standard InChI is InChI=1S/C9H20O.ClH/c1-2-3-4-5-6-7-8-9-10;/h10H,2-9H2,1H3;1H. The lowest BCUT2D eigenvalue weighted by molar-refractivity contribution is 0.282. The summed E-state index contributed by atoms with van der Waals surface area (Å²) in [6, 6.07) is 0. The summed E-state index contributed by atoms with van der Waals surface area (Å²) in [6.45, 7) is 2.60. The second-order valence-electron chi connectivity index (χ2n) is 2.84. The molecule has 0 amide bonds. The fraction of sp³-hybridized carbons (Fsp3) is 1.00. The molecule has 70 valence electrons. The molecule has 0 heterocycles. The van der Waals surface area contributed by atoms with Crippen LogP contribution in [-0.2, 0) is 0 Å². The number of hydrogen-bond donors (Lipinski definition) is 1. The van der Waals surface area contributed by atoms with Gasteiger partial charge in [-0.15, -0.1) is 12.4 Å². The second kappa shape index (κ2) is 12.9. The molecule has 0 aliphatic carbocycles. The van der Waals surface area contributed by atoms with Crippen LogP contribution in [0.1, 0.15) is 51.9 Å². The van der Waals surface area contributed by atoms with Crippen molar-refractivity contribution in [2.45, 2.75) is 51.9 Å². The molecule has 0 rings (SSSR count). The minimum absolute atomic E-state index is 0. The quantitative estimate of drug-likeness (QED) is 0.597. The number of rotatable bonds is 7. The number of hydrogen-bond acceptors (Lipinski definition) is 1. The third-order valence-electron chi connectivity index (χ3n) is 1.76. The van der Waals surface area contributed by atoms with Crippen LogP contribution in [0.25, 0.3) is 0 Å². The summed E-state index contributed by atoms with van der Waals surface area (Å²) in [6.07, 6.45) is 8.93. The second-order valence-corrected chi connectivity index (χ2v) is 2.84. The predicted molar refractivity (Wildman–Crippen MR) is 52.3 cm³/mol. The zero-order chi connectivity index (χ0) is 7.66. The van der Waals surface area contributed by atoms with E-state index >= 15 is 0 Å². The summed E-state index contributed by atoms with van der Waals surface area (Å²) >= 11 is 0. The van der Waals surface area contributed by atoms with Crippen molar-refractivity contribution in [1.82, 2.24) is 0 Å². The molecule has 1 N–H and O–H groups in total. The molecule has 1 nitrogen and oxygen atoms in total. The van der Waals surface area contributed by atoms with Crippen molar-refractivity contribution in [3.8, 4) is 0 Å². The van der Waals surface area contributed by atoms with E-state index in [4.69, 9.17) is 5.11 Å². The smallest absolute Gasteiger partial charge is 0.0431 e. The number of halogens is 1. The topological polar surface area (TPSA) is 20.2 Å². The van der Waals surface area contributed by atoms with Crippen molar-refractivity contribution in [3.63, 3.8) is 0 Å². The van der Waals surface area contributed by atoms with Gasteiger partial charge in [-0.05, 0) is 6.42 Å². The Morgan fingerprint density at radius 3 is 1.73 bits per heavy atom. The maximum atomic E-state index is 8.47.